The number of hydrazine groups is 1. The van der Waals surface area contributed by atoms with Crippen molar-refractivity contribution in [2.45, 2.75) is 13.8 Å². The molecule has 7 heteroatoms. The zero-order valence-corrected chi connectivity index (χ0v) is 19.6. The van der Waals surface area contributed by atoms with Crippen molar-refractivity contribution in [1.29, 1.82) is 0 Å². The highest BCUT2D eigenvalue weighted by molar-refractivity contribution is 7.80. The van der Waals surface area contributed by atoms with Crippen molar-refractivity contribution in [3.05, 3.63) is 95.7 Å². The Morgan fingerprint density at radius 2 is 1.65 bits per heavy atom. The third-order valence-corrected chi connectivity index (χ3v) is 5.91. The number of thiocarbonyl (C=S) groups is 1. The molecule has 0 aliphatic carbocycles. The average molecular weight is 466 g/mol. The van der Waals surface area contributed by atoms with E-state index < -0.39 is 0 Å². The smallest absolute Gasteiger partial charge is 0.288 e. The highest BCUT2D eigenvalue weighted by atomic mass is 32.1. The summed E-state index contributed by atoms with van der Waals surface area (Å²) in [6.45, 7) is 4.01. The van der Waals surface area contributed by atoms with Gasteiger partial charge >= 0.3 is 0 Å². The maximum Gasteiger partial charge on any atom is 0.288 e. The number of carbonyl (C=O) groups is 1. The van der Waals surface area contributed by atoms with E-state index in [-0.39, 0.29) is 11.6 Å². The first-order valence-corrected chi connectivity index (χ1v) is 11.3. The van der Waals surface area contributed by atoms with E-state index in [0.717, 1.165) is 49.9 Å². The number of aromatic amines is 1. The number of nitrogens with one attached hydrogen (secondary N) is 4. The lowest BCUT2D eigenvalue weighted by Crippen LogP contribution is -2.44. The first kappa shape index (κ1) is 21.6. The number of hydrogen-bond donors (Lipinski definition) is 4. The van der Waals surface area contributed by atoms with E-state index in [1.807, 2.05) is 86.6 Å². The molecule has 168 valence electrons. The topological polar surface area (TPSA) is 81.8 Å². The van der Waals surface area contributed by atoms with Crippen LogP contribution in [0.4, 0.5) is 5.69 Å². The molecule has 1 amide bonds. The van der Waals surface area contributed by atoms with E-state index in [1.165, 1.54) is 0 Å². The van der Waals surface area contributed by atoms with Crippen LogP contribution in [-0.4, -0.2) is 21.0 Å². The Balaban J connectivity index is 1.45. The predicted molar refractivity (Wildman–Crippen MR) is 142 cm³/mol. The first-order chi connectivity index (χ1) is 16.5. The first-order valence-electron chi connectivity index (χ1n) is 10.9. The Hall–Kier alpha value is -4.23. The minimum Gasteiger partial charge on any atom is -0.353 e. The van der Waals surface area contributed by atoms with Gasteiger partial charge < -0.3 is 10.3 Å². The summed E-state index contributed by atoms with van der Waals surface area (Å²) in [7, 11) is 0. The average Bonchev–Trinajstić information content (AvgIpc) is 3.23. The molecule has 3 aromatic carbocycles. The highest BCUT2D eigenvalue weighted by Crippen LogP contribution is 2.32. The summed E-state index contributed by atoms with van der Waals surface area (Å²) in [5, 5.41) is 5.38. The van der Waals surface area contributed by atoms with Crippen molar-refractivity contribution in [3.63, 3.8) is 0 Å². The molecule has 4 N–H and O–H groups in total. The second-order valence-corrected chi connectivity index (χ2v) is 8.58. The van der Waals surface area contributed by atoms with Gasteiger partial charge in [0.15, 0.2) is 5.11 Å². The lowest BCUT2D eigenvalue weighted by atomic mass is 10.1. The van der Waals surface area contributed by atoms with Crippen molar-refractivity contribution in [3.8, 4) is 11.3 Å². The third-order valence-electron chi connectivity index (χ3n) is 5.71. The van der Waals surface area contributed by atoms with E-state index in [2.05, 4.69) is 21.2 Å². The zero-order valence-electron chi connectivity index (χ0n) is 18.8. The molecular formula is C27H23N5OS. The number of anilines is 1. The van der Waals surface area contributed by atoms with Gasteiger partial charge in [0, 0.05) is 27.5 Å². The van der Waals surface area contributed by atoms with E-state index in [4.69, 9.17) is 17.2 Å². The number of hydrogen-bond acceptors (Lipinski definition) is 3. The number of fused-ring (bicyclic) bond motifs is 3. The molecule has 0 fully saturated rings. The van der Waals surface area contributed by atoms with Crippen LogP contribution < -0.4 is 16.2 Å². The standard InChI is InChI=1S/C27H23N5OS/c1-16-12-13-17(2)22(14-16)30-27(34)32-31-26(33)23-15-20-19-10-6-7-11-21(19)28-25(20)24(29-23)18-8-4-3-5-9-18/h3-15,28H,1-2H3,(H,31,33)(H2,30,32,34). The van der Waals surface area contributed by atoms with Crippen molar-refractivity contribution >= 4 is 50.7 Å². The van der Waals surface area contributed by atoms with Crippen LogP contribution in [0.15, 0.2) is 78.9 Å². The Labute approximate surface area is 202 Å². The minimum absolute atomic E-state index is 0.290. The number of nitrogens with zero attached hydrogens (tertiary/aromatic N) is 1. The summed E-state index contributed by atoms with van der Waals surface area (Å²) >= 11 is 5.37. The third kappa shape index (κ3) is 4.21. The van der Waals surface area contributed by atoms with Gasteiger partial charge in [0.1, 0.15) is 5.69 Å². The Kier molecular flexibility index (Phi) is 5.69. The largest absolute Gasteiger partial charge is 0.353 e. The van der Waals surface area contributed by atoms with Gasteiger partial charge in [-0.2, -0.15) is 0 Å². The number of rotatable bonds is 3. The number of H-pyrrole nitrogens is 1. The molecule has 0 spiro atoms. The molecule has 6 nitrogen and oxygen atoms in total. The molecule has 0 radical (unpaired) electrons. The fourth-order valence-electron chi connectivity index (χ4n) is 3.97. The van der Waals surface area contributed by atoms with Crippen LogP contribution >= 0.6 is 12.2 Å². The van der Waals surface area contributed by atoms with Crippen molar-refractivity contribution in [2.75, 3.05) is 5.32 Å². The molecule has 0 aliphatic rings. The van der Waals surface area contributed by atoms with Crippen LogP contribution in [0.2, 0.25) is 0 Å². The van der Waals surface area contributed by atoms with Gasteiger partial charge in [0.25, 0.3) is 5.91 Å². The molecule has 34 heavy (non-hydrogen) atoms. The quantitative estimate of drug-likeness (QED) is 0.205. The maximum atomic E-state index is 13.1. The molecule has 0 atom stereocenters. The minimum atomic E-state index is -0.380. The molecule has 0 saturated carbocycles. The van der Waals surface area contributed by atoms with Crippen molar-refractivity contribution in [1.82, 2.24) is 20.8 Å². The zero-order chi connectivity index (χ0) is 23.7. The number of para-hydroxylation sites is 1. The van der Waals surface area contributed by atoms with Crippen LogP contribution in [0.3, 0.4) is 0 Å². The molecule has 5 rings (SSSR count). The van der Waals surface area contributed by atoms with E-state index in [9.17, 15) is 4.79 Å². The van der Waals surface area contributed by atoms with Gasteiger partial charge in [-0.15, -0.1) is 0 Å². The number of carbonyl (C=O) groups excluding carboxylic acids is 1. The monoisotopic (exact) mass is 465 g/mol. The van der Waals surface area contributed by atoms with Gasteiger partial charge in [0.05, 0.1) is 11.2 Å². The molecule has 0 unspecified atom stereocenters. The molecule has 2 aromatic heterocycles. The van der Waals surface area contributed by atoms with E-state index in [1.54, 1.807) is 6.07 Å². The second-order valence-electron chi connectivity index (χ2n) is 8.17. The molecule has 2 heterocycles. The molecule has 5 aromatic rings. The normalized spacial score (nSPS) is 10.9. The number of aromatic nitrogens is 2. The molecule has 0 saturated heterocycles. The SMILES string of the molecule is Cc1ccc(C)c(NC(=S)NNC(=O)c2cc3c([nH]c4ccccc43)c(-c3ccccc3)n2)c1. The Morgan fingerprint density at radius 1 is 0.882 bits per heavy atom. The lowest BCUT2D eigenvalue weighted by molar-refractivity contribution is 0.0939. The Morgan fingerprint density at radius 3 is 2.47 bits per heavy atom. The van der Waals surface area contributed by atoms with Crippen LogP contribution in [0.1, 0.15) is 21.6 Å². The molecular weight excluding hydrogens is 442 g/mol. The fraction of sp³-hybridized carbons (Fsp3) is 0.0741. The fourth-order valence-corrected chi connectivity index (χ4v) is 4.13. The number of benzene rings is 3. The Bertz CT molecular complexity index is 1540. The van der Waals surface area contributed by atoms with Crippen LogP contribution in [0.25, 0.3) is 33.1 Å². The highest BCUT2D eigenvalue weighted by Gasteiger charge is 2.17. The van der Waals surface area contributed by atoms with Crippen LogP contribution in [-0.2, 0) is 0 Å². The van der Waals surface area contributed by atoms with Gasteiger partial charge in [0.2, 0.25) is 0 Å². The summed E-state index contributed by atoms with van der Waals surface area (Å²) in [6.07, 6.45) is 0. The van der Waals surface area contributed by atoms with Gasteiger partial charge in [-0.25, -0.2) is 4.98 Å². The molecule has 0 bridgehead atoms. The lowest BCUT2D eigenvalue weighted by Gasteiger charge is -2.14. The summed E-state index contributed by atoms with van der Waals surface area (Å²) < 4.78 is 0. The van der Waals surface area contributed by atoms with Gasteiger partial charge in [-0.1, -0.05) is 60.7 Å². The van der Waals surface area contributed by atoms with Crippen LogP contribution in [0, 0.1) is 13.8 Å². The summed E-state index contributed by atoms with van der Waals surface area (Å²) in [5.41, 5.74) is 12.3. The summed E-state index contributed by atoms with van der Waals surface area (Å²) in [6, 6.07) is 25.7. The number of amides is 1. The van der Waals surface area contributed by atoms with Gasteiger partial charge in [-0.3, -0.25) is 15.6 Å². The summed E-state index contributed by atoms with van der Waals surface area (Å²) in [4.78, 5) is 21.2. The van der Waals surface area contributed by atoms with E-state index >= 15 is 0 Å². The van der Waals surface area contributed by atoms with Gasteiger partial charge in [-0.05, 0) is 55.4 Å². The number of pyridine rings is 1. The maximum absolute atomic E-state index is 13.1. The second kappa shape index (κ2) is 8.96. The van der Waals surface area contributed by atoms with E-state index in [0.29, 0.717) is 5.11 Å². The summed E-state index contributed by atoms with van der Waals surface area (Å²) in [5.74, 6) is -0.380. The van der Waals surface area contributed by atoms with Crippen LogP contribution in [0.5, 0.6) is 0 Å². The van der Waals surface area contributed by atoms with Crippen molar-refractivity contribution in [2.24, 2.45) is 0 Å². The van der Waals surface area contributed by atoms with Crippen molar-refractivity contribution < 1.29 is 4.79 Å². The molecule has 0 aliphatic heterocycles. The predicted octanol–water partition coefficient (Wildman–Crippen LogP) is 5.63. The number of aryl methyl sites for hydroxylation is 2.